The molecule has 0 aromatic heterocycles. The molecular formula is C13H19N3O. The van der Waals surface area contributed by atoms with E-state index < -0.39 is 0 Å². The summed E-state index contributed by atoms with van der Waals surface area (Å²) in [6, 6.07) is 5.67. The van der Waals surface area contributed by atoms with Crippen molar-refractivity contribution in [1.82, 2.24) is 0 Å². The third-order valence-electron chi connectivity index (χ3n) is 3.36. The summed E-state index contributed by atoms with van der Waals surface area (Å²) in [7, 11) is 0. The Hall–Kier alpha value is -1.71. The zero-order valence-corrected chi connectivity index (χ0v) is 10.1. The number of carbonyl (C=O) groups excluding carboxylic acids is 1. The monoisotopic (exact) mass is 233 g/mol. The lowest BCUT2D eigenvalue weighted by Gasteiger charge is -2.36. The average Bonchev–Trinajstić information content (AvgIpc) is 2.30. The fourth-order valence-electron chi connectivity index (χ4n) is 2.52. The zero-order valence-electron chi connectivity index (χ0n) is 10.1. The maximum atomic E-state index is 11.5. The first-order valence-corrected chi connectivity index (χ1v) is 6.08. The quantitative estimate of drug-likeness (QED) is 0.773. The number of amides is 1. The summed E-state index contributed by atoms with van der Waals surface area (Å²) in [5.74, 6) is -0.261. The Bertz CT molecular complexity index is 431. The molecule has 4 heteroatoms. The number of aryl methyl sites for hydroxylation is 1. The standard InChI is InChI=1S/C13H19N3O/c1-2-11(13(15)17)16-7-3-4-9-5-6-10(14)8-12(9)16/h5-6,8,11H,2-4,7,14H2,1H3,(H2,15,17). The van der Waals surface area contributed by atoms with Gasteiger partial charge in [-0.2, -0.15) is 0 Å². The molecule has 0 saturated heterocycles. The van der Waals surface area contributed by atoms with Crippen molar-refractivity contribution in [3.05, 3.63) is 23.8 Å². The molecule has 0 spiro atoms. The Morgan fingerprint density at radius 2 is 2.29 bits per heavy atom. The zero-order chi connectivity index (χ0) is 12.4. The second kappa shape index (κ2) is 4.65. The highest BCUT2D eigenvalue weighted by Crippen LogP contribution is 2.31. The molecule has 0 saturated carbocycles. The minimum Gasteiger partial charge on any atom is -0.399 e. The number of hydrogen-bond acceptors (Lipinski definition) is 3. The van der Waals surface area contributed by atoms with Crippen LogP contribution in [-0.4, -0.2) is 18.5 Å². The normalized spacial score (nSPS) is 16.4. The minimum atomic E-state index is -0.261. The van der Waals surface area contributed by atoms with Crippen LogP contribution in [0, 0.1) is 0 Å². The van der Waals surface area contributed by atoms with Gasteiger partial charge in [-0.25, -0.2) is 0 Å². The topological polar surface area (TPSA) is 72.4 Å². The molecule has 0 radical (unpaired) electrons. The number of nitrogens with zero attached hydrogens (tertiary/aromatic N) is 1. The summed E-state index contributed by atoms with van der Waals surface area (Å²) in [5, 5.41) is 0. The highest BCUT2D eigenvalue weighted by atomic mass is 16.1. The molecule has 1 aliphatic heterocycles. The molecule has 1 heterocycles. The van der Waals surface area contributed by atoms with E-state index in [1.807, 2.05) is 25.1 Å². The van der Waals surface area contributed by atoms with Gasteiger partial charge in [0.05, 0.1) is 0 Å². The molecule has 1 atom stereocenters. The molecule has 0 aliphatic carbocycles. The van der Waals surface area contributed by atoms with Crippen molar-refractivity contribution in [2.45, 2.75) is 32.2 Å². The number of fused-ring (bicyclic) bond motifs is 1. The maximum absolute atomic E-state index is 11.5. The number of anilines is 2. The van der Waals surface area contributed by atoms with Gasteiger partial charge in [0, 0.05) is 17.9 Å². The first kappa shape index (κ1) is 11.8. The number of rotatable bonds is 3. The van der Waals surface area contributed by atoms with E-state index in [1.165, 1.54) is 5.56 Å². The Morgan fingerprint density at radius 3 is 2.94 bits per heavy atom. The summed E-state index contributed by atoms with van der Waals surface area (Å²) in [4.78, 5) is 13.6. The molecule has 1 aliphatic rings. The van der Waals surface area contributed by atoms with Gasteiger partial charge in [0.25, 0.3) is 0 Å². The van der Waals surface area contributed by atoms with Gasteiger partial charge >= 0.3 is 0 Å². The molecule has 1 unspecified atom stereocenters. The van der Waals surface area contributed by atoms with Crippen molar-refractivity contribution < 1.29 is 4.79 Å². The van der Waals surface area contributed by atoms with Gasteiger partial charge in [-0.1, -0.05) is 13.0 Å². The van der Waals surface area contributed by atoms with Crippen LogP contribution >= 0.6 is 0 Å². The van der Waals surface area contributed by atoms with E-state index in [0.29, 0.717) is 0 Å². The summed E-state index contributed by atoms with van der Waals surface area (Å²) in [5.41, 5.74) is 14.3. The summed E-state index contributed by atoms with van der Waals surface area (Å²) in [6.07, 6.45) is 2.82. The van der Waals surface area contributed by atoms with Crippen molar-refractivity contribution >= 4 is 17.3 Å². The third-order valence-corrected chi connectivity index (χ3v) is 3.36. The van der Waals surface area contributed by atoms with E-state index in [-0.39, 0.29) is 11.9 Å². The van der Waals surface area contributed by atoms with Gasteiger partial charge in [-0.05, 0) is 37.0 Å². The number of nitrogen functional groups attached to an aromatic ring is 1. The van der Waals surface area contributed by atoms with Gasteiger partial charge in [0.15, 0.2) is 0 Å². The lowest BCUT2D eigenvalue weighted by Crippen LogP contribution is -2.46. The van der Waals surface area contributed by atoms with Crippen LogP contribution in [0.1, 0.15) is 25.3 Å². The van der Waals surface area contributed by atoms with Gasteiger partial charge in [-0.3, -0.25) is 4.79 Å². The van der Waals surface area contributed by atoms with Crippen LogP contribution < -0.4 is 16.4 Å². The Labute approximate surface area is 102 Å². The predicted octanol–water partition coefficient (Wildman–Crippen LogP) is 1.29. The Balaban J connectivity index is 2.39. The Kier molecular flexibility index (Phi) is 3.22. The molecule has 2 rings (SSSR count). The van der Waals surface area contributed by atoms with Crippen LogP contribution in [-0.2, 0) is 11.2 Å². The van der Waals surface area contributed by atoms with Gasteiger partial charge in [-0.15, -0.1) is 0 Å². The van der Waals surface area contributed by atoms with E-state index in [9.17, 15) is 4.79 Å². The lowest BCUT2D eigenvalue weighted by atomic mass is 9.98. The first-order valence-electron chi connectivity index (χ1n) is 6.08. The highest BCUT2D eigenvalue weighted by Gasteiger charge is 2.26. The van der Waals surface area contributed by atoms with Crippen molar-refractivity contribution in [3.63, 3.8) is 0 Å². The van der Waals surface area contributed by atoms with E-state index in [4.69, 9.17) is 11.5 Å². The smallest absolute Gasteiger partial charge is 0.240 e. The van der Waals surface area contributed by atoms with Crippen molar-refractivity contribution in [2.75, 3.05) is 17.2 Å². The van der Waals surface area contributed by atoms with Crippen LogP contribution in [0.5, 0.6) is 0 Å². The molecule has 17 heavy (non-hydrogen) atoms. The third kappa shape index (κ3) is 2.20. The average molecular weight is 233 g/mol. The molecule has 0 bridgehead atoms. The first-order chi connectivity index (χ1) is 8.13. The van der Waals surface area contributed by atoms with Crippen LogP contribution in [0.2, 0.25) is 0 Å². The fourth-order valence-corrected chi connectivity index (χ4v) is 2.52. The number of primary amides is 1. The van der Waals surface area contributed by atoms with Gasteiger partial charge in [0.2, 0.25) is 5.91 Å². The van der Waals surface area contributed by atoms with Gasteiger partial charge in [0.1, 0.15) is 6.04 Å². The van der Waals surface area contributed by atoms with Crippen LogP contribution in [0.4, 0.5) is 11.4 Å². The largest absolute Gasteiger partial charge is 0.399 e. The van der Waals surface area contributed by atoms with Crippen LogP contribution in [0.15, 0.2) is 18.2 Å². The SMILES string of the molecule is CCC(C(N)=O)N1CCCc2ccc(N)cc21. The summed E-state index contributed by atoms with van der Waals surface area (Å²) >= 11 is 0. The molecule has 4 N–H and O–H groups in total. The number of benzene rings is 1. The summed E-state index contributed by atoms with van der Waals surface area (Å²) < 4.78 is 0. The second-order valence-electron chi connectivity index (χ2n) is 4.51. The number of nitrogens with two attached hydrogens (primary N) is 2. The molecule has 0 fully saturated rings. The molecule has 1 aromatic carbocycles. The molecular weight excluding hydrogens is 214 g/mol. The highest BCUT2D eigenvalue weighted by molar-refractivity contribution is 5.84. The van der Waals surface area contributed by atoms with Crippen LogP contribution in [0.25, 0.3) is 0 Å². The Morgan fingerprint density at radius 1 is 1.53 bits per heavy atom. The maximum Gasteiger partial charge on any atom is 0.240 e. The number of carbonyl (C=O) groups is 1. The van der Waals surface area contributed by atoms with E-state index in [2.05, 4.69) is 4.90 Å². The van der Waals surface area contributed by atoms with Crippen molar-refractivity contribution in [2.24, 2.45) is 5.73 Å². The van der Waals surface area contributed by atoms with E-state index in [0.717, 1.165) is 37.2 Å². The van der Waals surface area contributed by atoms with Crippen LogP contribution in [0.3, 0.4) is 0 Å². The summed E-state index contributed by atoms with van der Waals surface area (Å²) in [6.45, 7) is 2.86. The van der Waals surface area contributed by atoms with Crippen molar-refractivity contribution in [3.8, 4) is 0 Å². The lowest BCUT2D eigenvalue weighted by molar-refractivity contribution is -0.119. The molecule has 1 amide bonds. The molecule has 92 valence electrons. The minimum absolute atomic E-state index is 0.226. The van der Waals surface area contributed by atoms with E-state index in [1.54, 1.807) is 0 Å². The molecule has 4 nitrogen and oxygen atoms in total. The van der Waals surface area contributed by atoms with Crippen molar-refractivity contribution in [1.29, 1.82) is 0 Å². The number of hydrogen-bond donors (Lipinski definition) is 2. The van der Waals surface area contributed by atoms with E-state index >= 15 is 0 Å². The fraction of sp³-hybridized carbons (Fsp3) is 0.462. The van der Waals surface area contributed by atoms with Gasteiger partial charge < -0.3 is 16.4 Å². The predicted molar refractivity (Wildman–Crippen MR) is 69.8 cm³/mol. The second-order valence-corrected chi connectivity index (χ2v) is 4.51. The molecule has 1 aromatic rings.